The van der Waals surface area contributed by atoms with Crippen molar-refractivity contribution in [3.63, 3.8) is 0 Å². The van der Waals surface area contributed by atoms with E-state index >= 15 is 0 Å². The second-order valence-electron chi connectivity index (χ2n) is 4.25. The van der Waals surface area contributed by atoms with E-state index in [4.69, 9.17) is 10.5 Å². The Kier molecular flexibility index (Phi) is 3.47. The molecule has 1 aliphatic rings. The lowest BCUT2D eigenvalue weighted by Gasteiger charge is -2.27. The molecule has 1 atom stereocenters. The highest BCUT2D eigenvalue weighted by Crippen LogP contribution is 2.32. The van der Waals surface area contributed by atoms with Gasteiger partial charge in [-0.15, -0.1) is 0 Å². The number of nitrogens with zero attached hydrogens (tertiary/aromatic N) is 1. The van der Waals surface area contributed by atoms with Crippen LogP contribution in [0.1, 0.15) is 18.4 Å². The van der Waals surface area contributed by atoms with Gasteiger partial charge in [-0.1, -0.05) is 0 Å². The molecular formula is C12H16F2N2O. The van der Waals surface area contributed by atoms with Gasteiger partial charge in [0.2, 0.25) is 0 Å². The molecule has 0 aliphatic carbocycles. The highest BCUT2D eigenvalue weighted by Gasteiger charge is 2.24. The maximum atomic E-state index is 12.9. The summed E-state index contributed by atoms with van der Waals surface area (Å²) < 4.78 is 31.2. The zero-order valence-electron chi connectivity index (χ0n) is 9.70. The highest BCUT2D eigenvalue weighted by molar-refractivity contribution is 5.60. The van der Waals surface area contributed by atoms with Crippen LogP contribution in [0.4, 0.5) is 20.2 Å². The molecule has 2 N–H and O–H groups in total. The van der Waals surface area contributed by atoms with Crippen LogP contribution in [0, 0.1) is 0 Å². The van der Waals surface area contributed by atoms with E-state index in [1.54, 1.807) is 12.1 Å². The number of ether oxygens (including phenoxy) is 1. The van der Waals surface area contributed by atoms with Crippen LogP contribution < -0.4 is 10.6 Å². The fourth-order valence-electron chi connectivity index (χ4n) is 2.09. The summed E-state index contributed by atoms with van der Waals surface area (Å²) in [6, 6.07) is 4.80. The lowest BCUT2D eigenvalue weighted by molar-refractivity contribution is 0.151. The molecule has 1 aromatic rings. The van der Waals surface area contributed by atoms with E-state index in [1.165, 1.54) is 6.07 Å². The number of benzene rings is 1. The molecule has 0 amide bonds. The van der Waals surface area contributed by atoms with Crippen molar-refractivity contribution in [2.45, 2.75) is 18.9 Å². The average molecular weight is 242 g/mol. The van der Waals surface area contributed by atoms with Crippen LogP contribution in [0.15, 0.2) is 18.2 Å². The average Bonchev–Trinajstić information content (AvgIpc) is 2.81. The standard InChI is InChI=1S/C12H16F2N2O/c1-16(9-4-5-17-7-9)11-3-2-8(15)6-10(11)12(13)14/h2-3,6,9,12H,4-5,7,15H2,1H3. The van der Waals surface area contributed by atoms with Crippen LogP contribution in [0.2, 0.25) is 0 Å². The molecular weight excluding hydrogens is 226 g/mol. The Morgan fingerprint density at radius 3 is 2.82 bits per heavy atom. The van der Waals surface area contributed by atoms with Gasteiger partial charge in [0.1, 0.15) is 0 Å². The molecule has 0 saturated carbocycles. The summed E-state index contributed by atoms with van der Waals surface area (Å²) in [5.74, 6) is 0. The number of nitrogen functional groups attached to an aromatic ring is 1. The molecule has 1 saturated heterocycles. The molecule has 2 rings (SSSR count). The number of hydrogen-bond acceptors (Lipinski definition) is 3. The molecule has 0 aromatic heterocycles. The second kappa shape index (κ2) is 4.87. The summed E-state index contributed by atoms with van der Waals surface area (Å²) in [6.45, 7) is 1.28. The van der Waals surface area contributed by atoms with E-state index in [1.807, 2.05) is 11.9 Å². The molecule has 0 radical (unpaired) electrons. The third-order valence-electron chi connectivity index (χ3n) is 3.12. The van der Waals surface area contributed by atoms with E-state index < -0.39 is 6.43 Å². The second-order valence-corrected chi connectivity index (χ2v) is 4.25. The van der Waals surface area contributed by atoms with Crippen LogP contribution in [0.25, 0.3) is 0 Å². The number of halogens is 2. The van der Waals surface area contributed by atoms with Gasteiger partial charge in [0.15, 0.2) is 0 Å². The Hall–Kier alpha value is -1.36. The van der Waals surface area contributed by atoms with Crippen molar-refractivity contribution in [2.24, 2.45) is 0 Å². The number of likely N-dealkylation sites (N-methyl/N-ethyl adjacent to an activating group) is 1. The van der Waals surface area contributed by atoms with Gasteiger partial charge in [0.25, 0.3) is 6.43 Å². The predicted octanol–water partition coefficient (Wildman–Crippen LogP) is 2.43. The van der Waals surface area contributed by atoms with Gasteiger partial charge < -0.3 is 15.4 Å². The SMILES string of the molecule is CN(c1ccc(N)cc1C(F)F)C1CCOC1. The quantitative estimate of drug-likeness (QED) is 0.827. The monoisotopic (exact) mass is 242 g/mol. The summed E-state index contributed by atoms with van der Waals surface area (Å²) in [7, 11) is 1.82. The number of anilines is 2. The normalized spacial score (nSPS) is 19.9. The molecule has 1 aromatic carbocycles. The summed E-state index contributed by atoms with van der Waals surface area (Å²) in [5.41, 5.74) is 6.42. The Morgan fingerprint density at radius 2 is 2.24 bits per heavy atom. The third-order valence-corrected chi connectivity index (χ3v) is 3.12. The Morgan fingerprint density at radius 1 is 1.47 bits per heavy atom. The Labute approximate surface area is 99.2 Å². The van der Waals surface area contributed by atoms with Gasteiger partial charge >= 0.3 is 0 Å². The predicted molar refractivity (Wildman–Crippen MR) is 63.4 cm³/mol. The van der Waals surface area contributed by atoms with Gasteiger partial charge in [-0.25, -0.2) is 8.78 Å². The van der Waals surface area contributed by atoms with E-state index in [0.29, 0.717) is 24.6 Å². The molecule has 5 heteroatoms. The first-order chi connectivity index (χ1) is 8.09. The molecule has 1 aliphatic heterocycles. The summed E-state index contributed by atoms with van der Waals surface area (Å²) in [6.07, 6.45) is -1.65. The summed E-state index contributed by atoms with van der Waals surface area (Å²) in [4.78, 5) is 1.86. The number of nitrogens with two attached hydrogens (primary N) is 1. The lowest BCUT2D eigenvalue weighted by atomic mass is 10.1. The van der Waals surface area contributed by atoms with Crippen LogP contribution in [0.5, 0.6) is 0 Å². The molecule has 17 heavy (non-hydrogen) atoms. The minimum absolute atomic E-state index is 0.0144. The van der Waals surface area contributed by atoms with E-state index in [0.717, 1.165) is 6.42 Å². The smallest absolute Gasteiger partial charge is 0.265 e. The minimum atomic E-state index is -2.52. The van der Waals surface area contributed by atoms with Gasteiger partial charge in [0.05, 0.1) is 12.6 Å². The fourth-order valence-corrected chi connectivity index (χ4v) is 2.09. The van der Waals surface area contributed by atoms with Crippen molar-refractivity contribution in [3.05, 3.63) is 23.8 Å². The third kappa shape index (κ3) is 2.49. The number of hydrogen-bond donors (Lipinski definition) is 1. The Bertz CT molecular complexity index is 392. The van der Waals surface area contributed by atoms with E-state index in [9.17, 15) is 8.78 Å². The molecule has 0 spiro atoms. The van der Waals surface area contributed by atoms with Gasteiger partial charge in [-0.3, -0.25) is 0 Å². The van der Waals surface area contributed by atoms with Gasteiger partial charge in [0, 0.05) is 30.6 Å². The van der Waals surface area contributed by atoms with E-state index in [2.05, 4.69) is 0 Å². The van der Waals surface area contributed by atoms with Crippen LogP contribution in [0.3, 0.4) is 0 Å². The fraction of sp³-hybridized carbons (Fsp3) is 0.500. The van der Waals surface area contributed by atoms with Crippen LogP contribution in [-0.4, -0.2) is 26.3 Å². The van der Waals surface area contributed by atoms with Crippen molar-refractivity contribution in [3.8, 4) is 0 Å². The summed E-state index contributed by atoms with van der Waals surface area (Å²) >= 11 is 0. The van der Waals surface area contributed by atoms with Crippen molar-refractivity contribution in [1.29, 1.82) is 0 Å². The van der Waals surface area contributed by atoms with Gasteiger partial charge in [-0.05, 0) is 24.6 Å². The van der Waals surface area contributed by atoms with Crippen molar-refractivity contribution >= 4 is 11.4 Å². The lowest BCUT2D eigenvalue weighted by Crippen LogP contribution is -2.32. The molecule has 0 bridgehead atoms. The van der Waals surface area contributed by atoms with Gasteiger partial charge in [-0.2, -0.15) is 0 Å². The van der Waals surface area contributed by atoms with Crippen LogP contribution >= 0.6 is 0 Å². The largest absolute Gasteiger partial charge is 0.399 e. The van der Waals surface area contributed by atoms with Crippen molar-refractivity contribution < 1.29 is 13.5 Å². The Balaban J connectivity index is 2.29. The first-order valence-corrected chi connectivity index (χ1v) is 5.57. The molecule has 94 valence electrons. The van der Waals surface area contributed by atoms with Crippen molar-refractivity contribution in [1.82, 2.24) is 0 Å². The topological polar surface area (TPSA) is 38.5 Å². The first kappa shape index (κ1) is 12.1. The van der Waals surface area contributed by atoms with E-state index in [-0.39, 0.29) is 11.6 Å². The maximum Gasteiger partial charge on any atom is 0.265 e. The molecule has 3 nitrogen and oxygen atoms in total. The highest BCUT2D eigenvalue weighted by atomic mass is 19.3. The van der Waals surface area contributed by atoms with Crippen LogP contribution in [-0.2, 0) is 4.74 Å². The first-order valence-electron chi connectivity index (χ1n) is 5.57. The van der Waals surface area contributed by atoms with Crippen molar-refractivity contribution in [2.75, 3.05) is 30.9 Å². The maximum absolute atomic E-state index is 12.9. The molecule has 1 fully saturated rings. The molecule has 1 unspecified atom stereocenters. The zero-order chi connectivity index (χ0) is 12.4. The number of alkyl halides is 2. The summed E-state index contributed by atoms with van der Waals surface area (Å²) in [5, 5.41) is 0. The minimum Gasteiger partial charge on any atom is -0.399 e. The number of rotatable bonds is 3. The zero-order valence-corrected chi connectivity index (χ0v) is 9.70. The molecule has 1 heterocycles.